The number of amides is 1. The number of rotatable bonds is 5. The highest BCUT2D eigenvalue weighted by molar-refractivity contribution is 6.04. The van der Waals surface area contributed by atoms with Crippen molar-refractivity contribution < 1.29 is 9.53 Å². The third kappa shape index (κ3) is 4.70. The van der Waals surface area contributed by atoms with E-state index in [9.17, 15) is 4.79 Å². The van der Waals surface area contributed by atoms with Gasteiger partial charge in [-0.05, 0) is 52.6 Å². The van der Waals surface area contributed by atoms with Crippen LogP contribution < -0.4 is 15.0 Å². The zero-order valence-electron chi connectivity index (χ0n) is 18.0. The first kappa shape index (κ1) is 20.5. The summed E-state index contributed by atoms with van der Waals surface area (Å²) in [6.07, 6.45) is 6.38. The molecule has 160 valence electrons. The largest absolute Gasteiger partial charge is 0.474 e. The van der Waals surface area contributed by atoms with Gasteiger partial charge < -0.3 is 19.9 Å². The van der Waals surface area contributed by atoms with Crippen LogP contribution in [-0.4, -0.2) is 65.1 Å². The fourth-order valence-electron chi connectivity index (χ4n) is 3.97. The summed E-state index contributed by atoms with van der Waals surface area (Å²) in [5.41, 5.74) is 2.66. The van der Waals surface area contributed by atoms with Crippen LogP contribution >= 0.6 is 0 Å². The smallest absolute Gasteiger partial charge is 0.257 e. The van der Waals surface area contributed by atoms with Gasteiger partial charge in [-0.15, -0.1) is 0 Å². The van der Waals surface area contributed by atoms with Crippen LogP contribution in [0.3, 0.4) is 0 Å². The second-order valence-electron chi connectivity index (χ2n) is 8.22. The molecule has 0 spiro atoms. The topological polar surface area (TPSA) is 83.5 Å². The van der Waals surface area contributed by atoms with Crippen molar-refractivity contribution in [2.24, 2.45) is 0 Å². The van der Waals surface area contributed by atoms with E-state index in [4.69, 9.17) is 4.74 Å². The summed E-state index contributed by atoms with van der Waals surface area (Å²) in [6, 6.07) is 3.51. The van der Waals surface area contributed by atoms with Crippen molar-refractivity contribution in [1.29, 1.82) is 0 Å². The van der Waals surface area contributed by atoms with Crippen molar-refractivity contribution in [3.05, 3.63) is 35.3 Å². The van der Waals surface area contributed by atoms with Crippen molar-refractivity contribution in [2.75, 3.05) is 43.4 Å². The van der Waals surface area contributed by atoms with Crippen LogP contribution in [0.2, 0.25) is 0 Å². The van der Waals surface area contributed by atoms with Crippen LogP contribution in [0.1, 0.15) is 47.4 Å². The Morgan fingerprint density at radius 1 is 1.07 bits per heavy atom. The van der Waals surface area contributed by atoms with E-state index in [0.29, 0.717) is 17.1 Å². The Balaban J connectivity index is 1.42. The lowest BCUT2D eigenvalue weighted by atomic mass is 10.2. The Kier molecular flexibility index (Phi) is 6.13. The zero-order chi connectivity index (χ0) is 21.1. The highest BCUT2D eigenvalue weighted by Gasteiger charge is 2.20. The van der Waals surface area contributed by atoms with Gasteiger partial charge in [0.25, 0.3) is 5.91 Å². The van der Waals surface area contributed by atoms with Gasteiger partial charge in [0.05, 0.1) is 22.6 Å². The number of nitrogens with zero attached hydrogens (tertiary/aromatic N) is 5. The molecule has 2 aromatic heterocycles. The van der Waals surface area contributed by atoms with E-state index in [0.717, 1.165) is 56.4 Å². The molecule has 0 unspecified atom stereocenters. The molecule has 1 saturated heterocycles. The normalized spacial score (nSPS) is 17.9. The molecule has 3 heterocycles. The molecule has 2 aliphatic rings. The SMILES string of the molecule is Cc1nc(N2CCN(C)CC2)nc(C)c1NC(=O)c1ccc(OC2CCCC2)nc1. The molecule has 2 fully saturated rings. The molecule has 8 nitrogen and oxygen atoms in total. The fraction of sp³-hybridized carbons (Fsp3) is 0.545. The molecule has 1 N–H and O–H groups in total. The minimum atomic E-state index is -0.225. The number of aromatic nitrogens is 3. The minimum Gasteiger partial charge on any atom is -0.474 e. The number of carbonyl (C=O) groups excluding carboxylic acids is 1. The van der Waals surface area contributed by atoms with Crippen LogP contribution in [0.4, 0.5) is 11.6 Å². The van der Waals surface area contributed by atoms with Gasteiger partial charge in [-0.1, -0.05) is 0 Å². The Bertz CT molecular complexity index is 864. The molecule has 1 amide bonds. The maximum absolute atomic E-state index is 12.7. The van der Waals surface area contributed by atoms with Crippen LogP contribution in [0.5, 0.6) is 5.88 Å². The highest BCUT2D eigenvalue weighted by Crippen LogP contribution is 2.24. The average Bonchev–Trinajstić information content (AvgIpc) is 3.24. The van der Waals surface area contributed by atoms with Gasteiger partial charge in [-0.25, -0.2) is 15.0 Å². The van der Waals surface area contributed by atoms with Crippen LogP contribution in [-0.2, 0) is 0 Å². The molecule has 1 aliphatic carbocycles. The lowest BCUT2D eigenvalue weighted by molar-refractivity contribution is 0.102. The van der Waals surface area contributed by atoms with E-state index in [1.807, 2.05) is 13.8 Å². The van der Waals surface area contributed by atoms with Crippen molar-refractivity contribution in [3.8, 4) is 5.88 Å². The summed E-state index contributed by atoms with van der Waals surface area (Å²) in [5, 5.41) is 2.95. The Hall–Kier alpha value is -2.74. The molecule has 0 aromatic carbocycles. The number of hydrogen-bond donors (Lipinski definition) is 1. The van der Waals surface area contributed by atoms with Gasteiger partial charge in [-0.2, -0.15) is 0 Å². The summed E-state index contributed by atoms with van der Waals surface area (Å²) >= 11 is 0. The molecule has 30 heavy (non-hydrogen) atoms. The number of pyridine rings is 1. The third-order valence-corrected chi connectivity index (χ3v) is 5.87. The second-order valence-corrected chi connectivity index (χ2v) is 8.22. The zero-order valence-corrected chi connectivity index (χ0v) is 18.0. The third-order valence-electron chi connectivity index (χ3n) is 5.87. The van der Waals surface area contributed by atoms with E-state index < -0.39 is 0 Å². The van der Waals surface area contributed by atoms with Crippen LogP contribution in [0.25, 0.3) is 0 Å². The minimum absolute atomic E-state index is 0.225. The first-order chi connectivity index (χ1) is 14.5. The van der Waals surface area contributed by atoms with Crippen molar-refractivity contribution in [2.45, 2.75) is 45.6 Å². The van der Waals surface area contributed by atoms with Gasteiger partial charge in [-0.3, -0.25) is 4.79 Å². The summed E-state index contributed by atoms with van der Waals surface area (Å²) in [7, 11) is 2.12. The molecule has 1 saturated carbocycles. The van der Waals surface area contributed by atoms with E-state index in [1.54, 1.807) is 18.3 Å². The van der Waals surface area contributed by atoms with E-state index >= 15 is 0 Å². The predicted molar refractivity (Wildman–Crippen MR) is 116 cm³/mol. The quantitative estimate of drug-likeness (QED) is 0.811. The maximum Gasteiger partial charge on any atom is 0.257 e. The number of hydrogen-bond acceptors (Lipinski definition) is 7. The van der Waals surface area contributed by atoms with Gasteiger partial charge >= 0.3 is 0 Å². The van der Waals surface area contributed by atoms with Gasteiger partial charge in [0, 0.05) is 38.4 Å². The fourth-order valence-corrected chi connectivity index (χ4v) is 3.97. The summed E-state index contributed by atoms with van der Waals surface area (Å²) in [5.74, 6) is 1.08. The predicted octanol–water partition coefficient (Wildman–Crippen LogP) is 2.81. The summed E-state index contributed by atoms with van der Waals surface area (Å²) < 4.78 is 5.87. The summed E-state index contributed by atoms with van der Waals surface area (Å²) in [4.78, 5) is 30.8. The lowest BCUT2D eigenvalue weighted by Gasteiger charge is -2.32. The molecule has 0 radical (unpaired) electrons. The Morgan fingerprint density at radius 3 is 2.33 bits per heavy atom. The number of carbonyl (C=O) groups is 1. The number of likely N-dealkylation sites (N-methyl/N-ethyl adjacent to an activating group) is 1. The lowest BCUT2D eigenvalue weighted by Crippen LogP contribution is -2.45. The van der Waals surface area contributed by atoms with Crippen molar-refractivity contribution >= 4 is 17.5 Å². The van der Waals surface area contributed by atoms with Crippen LogP contribution in [0, 0.1) is 13.8 Å². The number of nitrogens with one attached hydrogen (secondary N) is 1. The van der Waals surface area contributed by atoms with Crippen LogP contribution in [0.15, 0.2) is 18.3 Å². The number of piperazine rings is 1. The monoisotopic (exact) mass is 410 g/mol. The second kappa shape index (κ2) is 8.95. The van der Waals surface area contributed by atoms with E-state index in [2.05, 4.69) is 37.1 Å². The Labute approximate surface area is 177 Å². The number of anilines is 2. The van der Waals surface area contributed by atoms with Crippen molar-refractivity contribution in [1.82, 2.24) is 19.9 Å². The van der Waals surface area contributed by atoms with E-state index in [-0.39, 0.29) is 12.0 Å². The first-order valence-electron chi connectivity index (χ1n) is 10.7. The number of aryl methyl sites for hydroxylation is 2. The number of ether oxygens (including phenoxy) is 1. The molecule has 1 aliphatic heterocycles. The molecule has 4 rings (SSSR count). The highest BCUT2D eigenvalue weighted by atomic mass is 16.5. The molecule has 0 atom stereocenters. The van der Waals surface area contributed by atoms with Crippen molar-refractivity contribution in [3.63, 3.8) is 0 Å². The van der Waals surface area contributed by atoms with Gasteiger partial charge in [0.1, 0.15) is 6.10 Å². The maximum atomic E-state index is 12.7. The van der Waals surface area contributed by atoms with E-state index in [1.165, 1.54) is 12.8 Å². The molecular weight excluding hydrogens is 380 g/mol. The summed E-state index contributed by atoms with van der Waals surface area (Å²) in [6.45, 7) is 7.60. The van der Waals surface area contributed by atoms with Gasteiger partial charge in [0.2, 0.25) is 11.8 Å². The van der Waals surface area contributed by atoms with Gasteiger partial charge in [0.15, 0.2) is 0 Å². The molecular formula is C22H30N6O2. The standard InChI is InChI=1S/C22H30N6O2/c1-15-20(16(2)25-22(24-15)28-12-10-27(3)11-13-28)26-21(29)17-8-9-19(23-14-17)30-18-6-4-5-7-18/h8-9,14,18H,4-7,10-13H2,1-3H3,(H,26,29). The first-order valence-corrected chi connectivity index (χ1v) is 10.7. The average molecular weight is 411 g/mol. The molecule has 8 heteroatoms. The molecule has 2 aromatic rings. The molecule has 0 bridgehead atoms. The Morgan fingerprint density at radius 2 is 1.73 bits per heavy atom.